The van der Waals surface area contributed by atoms with Crippen molar-refractivity contribution < 1.29 is 27.9 Å². The van der Waals surface area contributed by atoms with Crippen LogP contribution < -0.4 is 11.1 Å². The second-order valence-corrected chi connectivity index (χ2v) is 4.27. The number of carbonyl (C=O) groups excluding carboxylic acids is 1. The monoisotopic (exact) mass is 274 g/mol. The largest absolute Gasteiger partial charge is 0.480 e. The second-order valence-electron chi connectivity index (χ2n) is 3.29. The number of nitrogens with one attached hydrogen (secondary N) is 1. The molecule has 0 spiro atoms. The van der Waals surface area contributed by atoms with Crippen LogP contribution in [0.3, 0.4) is 0 Å². The van der Waals surface area contributed by atoms with Crippen LogP contribution >= 0.6 is 11.8 Å². The molecule has 0 saturated heterocycles. The van der Waals surface area contributed by atoms with Gasteiger partial charge < -0.3 is 16.2 Å². The molecule has 0 radical (unpaired) electrons. The fraction of sp³-hybridized carbons (Fsp3) is 0.750. The predicted molar refractivity (Wildman–Crippen MR) is 56.6 cm³/mol. The van der Waals surface area contributed by atoms with Crippen molar-refractivity contribution in [3.63, 3.8) is 0 Å². The minimum absolute atomic E-state index is 0.0382. The maximum Gasteiger partial charge on any atom is 0.415 e. The molecule has 0 aromatic carbocycles. The van der Waals surface area contributed by atoms with Crippen LogP contribution in [0.2, 0.25) is 0 Å². The van der Waals surface area contributed by atoms with Gasteiger partial charge in [-0.25, -0.2) is 0 Å². The first-order valence-corrected chi connectivity index (χ1v) is 5.89. The lowest BCUT2D eigenvalue weighted by Gasteiger charge is -2.29. The fourth-order valence-electron chi connectivity index (χ4n) is 0.961. The number of nitrogens with two attached hydrogens (primary N) is 1. The van der Waals surface area contributed by atoms with Crippen molar-refractivity contribution in [2.45, 2.75) is 18.1 Å². The number of rotatable bonds is 6. The number of hydrogen-bond acceptors (Lipinski definition) is 4. The molecule has 1 atom stereocenters. The molecule has 17 heavy (non-hydrogen) atoms. The van der Waals surface area contributed by atoms with Crippen LogP contribution in [0.15, 0.2) is 0 Å². The number of halogens is 3. The van der Waals surface area contributed by atoms with E-state index in [-0.39, 0.29) is 5.75 Å². The Bertz CT molecular complexity index is 298. The first-order chi connectivity index (χ1) is 7.65. The van der Waals surface area contributed by atoms with E-state index in [2.05, 4.69) is 0 Å². The van der Waals surface area contributed by atoms with E-state index >= 15 is 0 Å². The quantitative estimate of drug-likeness (QED) is 0.643. The Balaban J connectivity index is 4.79. The molecule has 0 aliphatic carbocycles. The van der Waals surface area contributed by atoms with Gasteiger partial charge in [0.25, 0.3) is 0 Å². The van der Waals surface area contributed by atoms with E-state index in [1.165, 1.54) is 0 Å². The van der Waals surface area contributed by atoms with Gasteiger partial charge in [0.15, 0.2) is 5.54 Å². The van der Waals surface area contributed by atoms with Gasteiger partial charge in [-0.3, -0.25) is 9.59 Å². The molecule has 0 aliphatic rings. The van der Waals surface area contributed by atoms with Crippen molar-refractivity contribution in [3.8, 4) is 0 Å². The smallest absolute Gasteiger partial charge is 0.415 e. The lowest BCUT2D eigenvalue weighted by Crippen LogP contribution is -2.64. The average molecular weight is 274 g/mol. The zero-order valence-corrected chi connectivity index (χ0v) is 9.82. The van der Waals surface area contributed by atoms with Crippen LogP contribution in [0.5, 0.6) is 0 Å². The van der Waals surface area contributed by atoms with Gasteiger partial charge in [0.2, 0.25) is 5.91 Å². The maximum absolute atomic E-state index is 12.7. The Morgan fingerprint density at radius 3 is 2.29 bits per heavy atom. The van der Waals surface area contributed by atoms with Gasteiger partial charge in [-0.2, -0.15) is 24.9 Å². The third-order valence-electron chi connectivity index (χ3n) is 2.01. The summed E-state index contributed by atoms with van der Waals surface area (Å²) in [5.74, 6) is -2.93. The number of amides is 1. The molecule has 0 bridgehead atoms. The van der Waals surface area contributed by atoms with Gasteiger partial charge in [0.05, 0.1) is 0 Å². The highest BCUT2D eigenvalue weighted by atomic mass is 32.2. The standard InChI is InChI=1S/C8H13F3N2O3S/c1-17-3-2-7(12,8(9,10)11)6(16)13-4-5(14)15/h2-4,12H2,1H3,(H,13,16)(H,14,15). The zero-order valence-electron chi connectivity index (χ0n) is 9.00. The van der Waals surface area contributed by atoms with Crippen LogP contribution in [0.1, 0.15) is 6.42 Å². The molecule has 0 saturated carbocycles. The van der Waals surface area contributed by atoms with Gasteiger partial charge >= 0.3 is 12.1 Å². The highest BCUT2D eigenvalue weighted by Gasteiger charge is 2.57. The Hall–Kier alpha value is -0.960. The van der Waals surface area contributed by atoms with Gasteiger partial charge in [0, 0.05) is 0 Å². The van der Waals surface area contributed by atoms with E-state index in [0.717, 1.165) is 11.8 Å². The molecule has 1 unspecified atom stereocenters. The van der Waals surface area contributed by atoms with Crippen molar-refractivity contribution >= 4 is 23.6 Å². The number of aliphatic carboxylic acids is 1. The third-order valence-corrected chi connectivity index (χ3v) is 2.62. The summed E-state index contributed by atoms with van der Waals surface area (Å²) in [5.41, 5.74) is 2.00. The highest BCUT2D eigenvalue weighted by Crippen LogP contribution is 2.32. The number of hydrogen-bond donors (Lipinski definition) is 3. The molecule has 0 heterocycles. The van der Waals surface area contributed by atoms with Crippen LogP contribution in [0.4, 0.5) is 13.2 Å². The highest BCUT2D eigenvalue weighted by molar-refractivity contribution is 7.98. The minimum Gasteiger partial charge on any atom is -0.480 e. The molecule has 100 valence electrons. The average Bonchev–Trinajstić information content (AvgIpc) is 2.20. The Morgan fingerprint density at radius 2 is 1.94 bits per heavy atom. The molecular weight excluding hydrogens is 261 g/mol. The summed E-state index contributed by atoms with van der Waals surface area (Å²) in [7, 11) is 0. The fourth-order valence-corrected chi connectivity index (χ4v) is 1.49. The molecule has 0 fully saturated rings. The number of thioether (sulfide) groups is 1. The minimum atomic E-state index is -4.93. The number of alkyl halides is 3. The van der Waals surface area contributed by atoms with Gasteiger partial charge in [-0.1, -0.05) is 0 Å². The summed E-state index contributed by atoms with van der Waals surface area (Å²) in [5, 5.41) is 9.91. The summed E-state index contributed by atoms with van der Waals surface area (Å²) in [6, 6.07) is 0. The molecule has 0 aromatic rings. The lowest BCUT2D eigenvalue weighted by molar-refractivity contribution is -0.192. The van der Waals surface area contributed by atoms with Crippen molar-refractivity contribution in [2.75, 3.05) is 18.6 Å². The van der Waals surface area contributed by atoms with Gasteiger partial charge in [-0.15, -0.1) is 0 Å². The predicted octanol–water partition coefficient (Wildman–Crippen LogP) is 0.200. The van der Waals surface area contributed by atoms with Crippen molar-refractivity contribution in [3.05, 3.63) is 0 Å². The first-order valence-electron chi connectivity index (χ1n) is 4.50. The van der Waals surface area contributed by atoms with E-state index in [9.17, 15) is 22.8 Å². The normalized spacial score (nSPS) is 15.1. The van der Waals surface area contributed by atoms with Gasteiger partial charge in [-0.05, 0) is 18.4 Å². The first kappa shape index (κ1) is 16.0. The number of carboxylic acids is 1. The molecule has 9 heteroatoms. The molecule has 0 rings (SSSR count). The Morgan fingerprint density at radius 1 is 1.41 bits per heavy atom. The van der Waals surface area contributed by atoms with Crippen LogP contribution in [0.25, 0.3) is 0 Å². The van der Waals surface area contributed by atoms with Crippen LogP contribution in [0, 0.1) is 0 Å². The third kappa shape index (κ3) is 4.43. The summed E-state index contributed by atoms with van der Waals surface area (Å²) < 4.78 is 38.0. The van der Waals surface area contributed by atoms with E-state index < -0.39 is 36.6 Å². The Kier molecular flexibility index (Phi) is 5.76. The van der Waals surface area contributed by atoms with Crippen LogP contribution in [-0.2, 0) is 9.59 Å². The van der Waals surface area contributed by atoms with Crippen molar-refractivity contribution in [1.82, 2.24) is 5.32 Å². The number of carbonyl (C=O) groups is 2. The Labute approximate surface area is 99.9 Å². The molecule has 4 N–H and O–H groups in total. The van der Waals surface area contributed by atoms with E-state index in [0.29, 0.717) is 0 Å². The second kappa shape index (κ2) is 6.10. The van der Waals surface area contributed by atoms with E-state index in [1.807, 2.05) is 0 Å². The van der Waals surface area contributed by atoms with Gasteiger partial charge in [0.1, 0.15) is 6.54 Å². The summed E-state index contributed by atoms with van der Waals surface area (Å²) in [6.45, 7) is -0.896. The zero-order chi connectivity index (χ0) is 13.7. The lowest BCUT2D eigenvalue weighted by atomic mass is 9.95. The topological polar surface area (TPSA) is 92.4 Å². The maximum atomic E-state index is 12.7. The number of carboxylic acid groups (broad SMARTS) is 1. The molecule has 1 amide bonds. The molecule has 5 nitrogen and oxygen atoms in total. The van der Waals surface area contributed by atoms with E-state index in [1.54, 1.807) is 11.6 Å². The molecular formula is C8H13F3N2O3S. The SMILES string of the molecule is CSCCC(N)(C(=O)NCC(=O)O)C(F)(F)F. The molecule has 0 aromatic heterocycles. The van der Waals surface area contributed by atoms with Crippen molar-refractivity contribution in [1.29, 1.82) is 0 Å². The van der Waals surface area contributed by atoms with E-state index in [4.69, 9.17) is 10.8 Å². The molecule has 0 aliphatic heterocycles. The van der Waals surface area contributed by atoms with Crippen LogP contribution in [-0.4, -0.2) is 47.3 Å². The summed E-state index contributed by atoms with van der Waals surface area (Å²) >= 11 is 1.11. The summed E-state index contributed by atoms with van der Waals surface area (Å²) in [6.07, 6.45) is -3.96. The summed E-state index contributed by atoms with van der Waals surface area (Å²) in [4.78, 5) is 21.4. The van der Waals surface area contributed by atoms with Crippen molar-refractivity contribution in [2.24, 2.45) is 5.73 Å².